The lowest BCUT2D eigenvalue weighted by Gasteiger charge is -2.11. The standard InChI is InChI=1S/C8H12N4OS/c9-7-8(11-3-2-10-7)12-6-1-4-14(13)5-6/h2-3,6H,1,4-5H2,(H2,9,10)(H,11,12). The number of nitrogens with two attached hydrogens (primary N) is 1. The average Bonchev–Trinajstić information content (AvgIpc) is 2.56. The van der Waals surface area contributed by atoms with E-state index in [-0.39, 0.29) is 6.04 Å². The SMILES string of the molecule is Nc1nccnc1NC1CCS(=O)C1. The molecule has 0 radical (unpaired) electrons. The molecule has 1 aromatic rings. The molecule has 2 heterocycles. The summed E-state index contributed by atoms with van der Waals surface area (Å²) in [5.41, 5.74) is 5.62. The first kappa shape index (κ1) is 9.39. The number of anilines is 2. The van der Waals surface area contributed by atoms with Crippen LogP contribution in [0, 0.1) is 0 Å². The first-order chi connectivity index (χ1) is 6.75. The van der Waals surface area contributed by atoms with Gasteiger partial charge in [0.05, 0.1) is 0 Å². The number of rotatable bonds is 2. The molecule has 3 N–H and O–H groups in total. The minimum absolute atomic E-state index is 0.217. The lowest BCUT2D eigenvalue weighted by Crippen LogP contribution is -2.21. The molecule has 1 fully saturated rings. The maximum absolute atomic E-state index is 11.1. The van der Waals surface area contributed by atoms with Crippen LogP contribution in [0.1, 0.15) is 6.42 Å². The van der Waals surface area contributed by atoms with Crippen molar-refractivity contribution in [2.24, 2.45) is 0 Å². The summed E-state index contributed by atoms with van der Waals surface area (Å²) in [4.78, 5) is 7.99. The second-order valence-electron chi connectivity index (χ2n) is 3.23. The highest BCUT2D eigenvalue weighted by Gasteiger charge is 2.21. The maximum Gasteiger partial charge on any atom is 0.169 e. The number of nitrogens with one attached hydrogen (secondary N) is 1. The van der Waals surface area contributed by atoms with Crippen molar-refractivity contribution in [1.29, 1.82) is 0 Å². The quantitative estimate of drug-likeness (QED) is 0.720. The van der Waals surface area contributed by atoms with Gasteiger partial charge < -0.3 is 11.1 Å². The Morgan fingerprint density at radius 1 is 1.50 bits per heavy atom. The molecule has 5 nitrogen and oxygen atoms in total. The minimum atomic E-state index is -0.685. The van der Waals surface area contributed by atoms with Gasteiger partial charge in [-0.3, -0.25) is 4.21 Å². The smallest absolute Gasteiger partial charge is 0.169 e. The van der Waals surface area contributed by atoms with Crippen molar-refractivity contribution in [3.63, 3.8) is 0 Å². The largest absolute Gasteiger partial charge is 0.381 e. The van der Waals surface area contributed by atoms with Crippen molar-refractivity contribution < 1.29 is 4.21 Å². The molecule has 1 aliphatic rings. The fourth-order valence-electron chi connectivity index (χ4n) is 1.43. The third-order valence-electron chi connectivity index (χ3n) is 2.15. The molecule has 1 aromatic heterocycles. The van der Waals surface area contributed by atoms with Crippen LogP contribution in [-0.4, -0.2) is 31.7 Å². The predicted molar refractivity (Wildman–Crippen MR) is 56.3 cm³/mol. The van der Waals surface area contributed by atoms with Crippen molar-refractivity contribution in [3.05, 3.63) is 12.4 Å². The number of aromatic nitrogens is 2. The molecule has 0 saturated carbocycles. The summed E-state index contributed by atoms with van der Waals surface area (Å²) < 4.78 is 11.1. The van der Waals surface area contributed by atoms with Gasteiger partial charge in [-0.05, 0) is 6.42 Å². The van der Waals surface area contributed by atoms with Gasteiger partial charge in [0.25, 0.3) is 0 Å². The van der Waals surface area contributed by atoms with Crippen LogP contribution in [0.4, 0.5) is 11.6 Å². The molecule has 76 valence electrons. The Balaban J connectivity index is 2.04. The van der Waals surface area contributed by atoms with Crippen LogP contribution in [0.2, 0.25) is 0 Å². The summed E-state index contributed by atoms with van der Waals surface area (Å²) >= 11 is 0. The van der Waals surface area contributed by atoms with Gasteiger partial charge in [-0.25, -0.2) is 9.97 Å². The van der Waals surface area contributed by atoms with Crippen molar-refractivity contribution in [1.82, 2.24) is 9.97 Å². The van der Waals surface area contributed by atoms with Gasteiger partial charge in [0, 0.05) is 40.7 Å². The Morgan fingerprint density at radius 3 is 2.93 bits per heavy atom. The first-order valence-electron chi connectivity index (χ1n) is 4.43. The highest BCUT2D eigenvalue weighted by molar-refractivity contribution is 7.85. The van der Waals surface area contributed by atoms with Crippen LogP contribution >= 0.6 is 0 Å². The summed E-state index contributed by atoms with van der Waals surface area (Å²) in [5, 5.41) is 3.15. The van der Waals surface area contributed by atoms with Gasteiger partial charge in [-0.15, -0.1) is 0 Å². The van der Waals surface area contributed by atoms with Crippen molar-refractivity contribution in [2.45, 2.75) is 12.5 Å². The van der Waals surface area contributed by atoms with E-state index < -0.39 is 10.8 Å². The molecule has 1 aliphatic heterocycles. The molecule has 14 heavy (non-hydrogen) atoms. The predicted octanol–water partition coefficient (Wildman–Crippen LogP) is -0.00830. The Labute approximate surface area is 84.6 Å². The zero-order valence-corrected chi connectivity index (χ0v) is 8.46. The second-order valence-corrected chi connectivity index (χ2v) is 4.85. The minimum Gasteiger partial charge on any atom is -0.381 e. The fraction of sp³-hybridized carbons (Fsp3) is 0.500. The molecule has 2 atom stereocenters. The van der Waals surface area contributed by atoms with E-state index in [2.05, 4.69) is 15.3 Å². The van der Waals surface area contributed by atoms with E-state index in [9.17, 15) is 4.21 Å². The Morgan fingerprint density at radius 2 is 2.29 bits per heavy atom. The monoisotopic (exact) mass is 212 g/mol. The number of hydrogen-bond acceptors (Lipinski definition) is 5. The van der Waals surface area contributed by atoms with E-state index in [1.54, 1.807) is 12.4 Å². The molecule has 2 rings (SSSR count). The van der Waals surface area contributed by atoms with Gasteiger partial charge in [-0.2, -0.15) is 0 Å². The Bertz CT molecular complexity index is 357. The van der Waals surface area contributed by atoms with Crippen LogP contribution in [0.25, 0.3) is 0 Å². The molecule has 2 unspecified atom stereocenters. The fourth-order valence-corrected chi connectivity index (χ4v) is 2.84. The maximum atomic E-state index is 11.1. The van der Waals surface area contributed by atoms with E-state index in [0.717, 1.165) is 12.2 Å². The lowest BCUT2D eigenvalue weighted by molar-refractivity contribution is 0.686. The van der Waals surface area contributed by atoms with E-state index in [1.165, 1.54) is 0 Å². The highest BCUT2D eigenvalue weighted by Crippen LogP contribution is 2.16. The summed E-state index contributed by atoms with van der Waals surface area (Å²) in [7, 11) is -0.685. The number of nitrogens with zero attached hydrogens (tertiary/aromatic N) is 2. The molecule has 0 spiro atoms. The molecule has 0 aromatic carbocycles. The first-order valence-corrected chi connectivity index (χ1v) is 5.92. The Hall–Kier alpha value is -1.17. The van der Waals surface area contributed by atoms with Crippen LogP contribution in [-0.2, 0) is 10.8 Å². The van der Waals surface area contributed by atoms with Crippen molar-refractivity contribution in [2.75, 3.05) is 22.6 Å². The van der Waals surface area contributed by atoms with E-state index in [1.807, 2.05) is 0 Å². The third-order valence-corrected chi connectivity index (χ3v) is 3.61. The molecule has 0 amide bonds. The van der Waals surface area contributed by atoms with Crippen LogP contribution in [0.5, 0.6) is 0 Å². The van der Waals surface area contributed by atoms with E-state index in [0.29, 0.717) is 17.4 Å². The van der Waals surface area contributed by atoms with Crippen LogP contribution in [0.3, 0.4) is 0 Å². The van der Waals surface area contributed by atoms with Crippen LogP contribution < -0.4 is 11.1 Å². The third kappa shape index (κ3) is 2.01. The zero-order valence-electron chi connectivity index (χ0n) is 7.64. The van der Waals surface area contributed by atoms with E-state index in [4.69, 9.17) is 5.73 Å². The lowest BCUT2D eigenvalue weighted by atomic mass is 10.2. The molecule has 0 aliphatic carbocycles. The Kier molecular flexibility index (Phi) is 2.62. The summed E-state index contributed by atoms with van der Waals surface area (Å²) in [6.07, 6.45) is 4.04. The highest BCUT2D eigenvalue weighted by atomic mass is 32.2. The van der Waals surface area contributed by atoms with Gasteiger partial charge in [0.1, 0.15) is 0 Å². The molecular formula is C8H12N4OS. The molecule has 0 bridgehead atoms. The summed E-state index contributed by atoms with van der Waals surface area (Å²) in [6, 6.07) is 0.217. The van der Waals surface area contributed by atoms with Gasteiger partial charge in [-0.1, -0.05) is 0 Å². The average molecular weight is 212 g/mol. The summed E-state index contributed by atoms with van der Waals surface area (Å²) in [5.74, 6) is 2.43. The molecule has 6 heteroatoms. The van der Waals surface area contributed by atoms with Gasteiger partial charge in [0.15, 0.2) is 11.6 Å². The number of hydrogen-bond donors (Lipinski definition) is 2. The molecular weight excluding hydrogens is 200 g/mol. The van der Waals surface area contributed by atoms with Gasteiger partial charge >= 0.3 is 0 Å². The van der Waals surface area contributed by atoms with Crippen molar-refractivity contribution >= 4 is 22.4 Å². The zero-order chi connectivity index (χ0) is 9.97. The summed E-state index contributed by atoms with van der Waals surface area (Å²) in [6.45, 7) is 0. The number of nitrogen functional groups attached to an aromatic ring is 1. The van der Waals surface area contributed by atoms with Crippen LogP contribution in [0.15, 0.2) is 12.4 Å². The molecule has 1 saturated heterocycles. The van der Waals surface area contributed by atoms with Gasteiger partial charge in [0.2, 0.25) is 0 Å². The van der Waals surface area contributed by atoms with E-state index >= 15 is 0 Å². The normalized spacial score (nSPS) is 26.3. The topological polar surface area (TPSA) is 80.9 Å². The second kappa shape index (κ2) is 3.91. The van der Waals surface area contributed by atoms with Crippen molar-refractivity contribution in [3.8, 4) is 0 Å².